The van der Waals surface area contributed by atoms with Crippen molar-refractivity contribution in [1.29, 1.82) is 0 Å². The molecule has 0 aromatic rings. The van der Waals surface area contributed by atoms with E-state index in [9.17, 15) is 0 Å². The second kappa shape index (κ2) is 4.11. The van der Waals surface area contributed by atoms with Crippen molar-refractivity contribution in [2.24, 2.45) is 0 Å². The fraction of sp³-hybridized carbons (Fsp3) is 0.909. The van der Waals surface area contributed by atoms with E-state index in [1.807, 2.05) is 0 Å². The van der Waals surface area contributed by atoms with Gasteiger partial charge < -0.3 is 4.85 Å². The van der Waals surface area contributed by atoms with E-state index in [1.54, 1.807) is 0 Å². The molecular formula is C11H18N2. The average Bonchev–Trinajstić information content (AvgIpc) is 2.71. The van der Waals surface area contributed by atoms with E-state index < -0.39 is 0 Å². The van der Waals surface area contributed by atoms with Crippen molar-refractivity contribution >= 4 is 0 Å². The van der Waals surface area contributed by atoms with Crippen molar-refractivity contribution in [3.63, 3.8) is 0 Å². The first-order valence-electron chi connectivity index (χ1n) is 5.51. The maximum atomic E-state index is 6.93. The van der Waals surface area contributed by atoms with E-state index in [1.165, 1.54) is 45.1 Å². The smallest absolute Gasteiger partial charge is 0.230 e. The molecule has 0 radical (unpaired) electrons. The van der Waals surface area contributed by atoms with Crippen LogP contribution >= 0.6 is 0 Å². The maximum absolute atomic E-state index is 6.93. The molecule has 1 aliphatic heterocycles. The molecule has 2 heteroatoms. The van der Waals surface area contributed by atoms with Gasteiger partial charge in [0.25, 0.3) is 0 Å². The second-order valence-corrected chi connectivity index (χ2v) is 4.31. The zero-order valence-corrected chi connectivity index (χ0v) is 8.21. The number of likely N-dealkylation sites (tertiary alicyclic amines) is 1. The first-order chi connectivity index (χ1) is 6.42. The number of rotatable bonds is 2. The van der Waals surface area contributed by atoms with Gasteiger partial charge in [0.2, 0.25) is 6.54 Å². The third-order valence-corrected chi connectivity index (χ3v) is 3.52. The number of nitrogens with zero attached hydrogens (tertiary/aromatic N) is 2. The lowest BCUT2D eigenvalue weighted by Gasteiger charge is -2.27. The summed E-state index contributed by atoms with van der Waals surface area (Å²) in [6, 6.07) is 1.43. The molecule has 0 aromatic heterocycles. The van der Waals surface area contributed by atoms with Crippen LogP contribution in [0.15, 0.2) is 0 Å². The molecule has 2 rings (SSSR count). The van der Waals surface area contributed by atoms with Crippen LogP contribution in [0.2, 0.25) is 0 Å². The highest BCUT2D eigenvalue weighted by molar-refractivity contribution is 4.90. The normalized spacial score (nSPS) is 30.8. The molecule has 1 unspecified atom stereocenters. The zero-order valence-electron chi connectivity index (χ0n) is 8.21. The molecule has 0 aromatic carbocycles. The van der Waals surface area contributed by atoms with Gasteiger partial charge in [0, 0.05) is 6.04 Å². The van der Waals surface area contributed by atoms with E-state index in [-0.39, 0.29) is 0 Å². The Morgan fingerprint density at radius 1 is 1.15 bits per heavy atom. The van der Waals surface area contributed by atoms with E-state index in [2.05, 4.69) is 9.74 Å². The van der Waals surface area contributed by atoms with Crippen molar-refractivity contribution in [3.8, 4) is 0 Å². The molecule has 2 aliphatic rings. The molecule has 1 aliphatic carbocycles. The number of hydrogen-bond donors (Lipinski definition) is 0. The van der Waals surface area contributed by atoms with Crippen LogP contribution in [0.5, 0.6) is 0 Å². The predicted octanol–water partition coefficient (Wildman–Crippen LogP) is 2.31. The minimum atomic E-state index is 0.598. The van der Waals surface area contributed by atoms with E-state index in [0.717, 1.165) is 12.6 Å². The molecule has 0 N–H and O–H groups in total. The zero-order chi connectivity index (χ0) is 9.10. The molecule has 2 fully saturated rings. The summed E-state index contributed by atoms with van der Waals surface area (Å²) in [6.07, 6.45) is 8.16. The van der Waals surface area contributed by atoms with Gasteiger partial charge >= 0.3 is 0 Å². The highest BCUT2D eigenvalue weighted by Gasteiger charge is 2.33. The maximum Gasteiger partial charge on any atom is 0.230 e. The molecule has 0 amide bonds. The summed E-state index contributed by atoms with van der Waals surface area (Å²) < 4.78 is 0. The summed E-state index contributed by atoms with van der Waals surface area (Å²) in [6.45, 7) is 8.91. The van der Waals surface area contributed by atoms with Crippen molar-refractivity contribution in [3.05, 3.63) is 11.4 Å². The molecule has 0 bridgehead atoms. The van der Waals surface area contributed by atoms with E-state index in [0.29, 0.717) is 6.04 Å². The van der Waals surface area contributed by atoms with Crippen molar-refractivity contribution in [2.75, 3.05) is 13.1 Å². The third-order valence-electron chi connectivity index (χ3n) is 3.52. The topological polar surface area (TPSA) is 7.60 Å². The fourth-order valence-electron chi connectivity index (χ4n) is 2.88. The Balaban J connectivity index is 1.93. The lowest BCUT2D eigenvalue weighted by atomic mass is 10.1. The Bertz CT molecular complexity index is 201. The van der Waals surface area contributed by atoms with Crippen LogP contribution in [0.1, 0.15) is 38.5 Å². The summed E-state index contributed by atoms with van der Waals surface area (Å²) in [7, 11) is 0. The van der Waals surface area contributed by atoms with Crippen LogP contribution in [0, 0.1) is 6.57 Å². The standard InChI is InChI=1S/C11H18N2/c1-12-9-11-7-4-8-13(11)10-5-2-3-6-10/h10-11H,2-9H2. The fourth-order valence-corrected chi connectivity index (χ4v) is 2.88. The van der Waals surface area contributed by atoms with Gasteiger partial charge in [-0.2, -0.15) is 0 Å². The van der Waals surface area contributed by atoms with E-state index >= 15 is 0 Å². The van der Waals surface area contributed by atoms with Crippen LogP contribution in [-0.4, -0.2) is 30.1 Å². The van der Waals surface area contributed by atoms with Gasteiger partial charge in [-0.3, -0.25) is 4.90 Å². The molecule has 1 atom stereocenters. The van der Waals surface area contributed by atoms with Crippen molar-refractivity contribution < 1.29 is 0 Å². The molecule has 0 spiro atoms. The molecule has 1 heterocycles. The summed E-state index contributed by atoms with van der Waals surface area (Å²) in [4.78, 5) is 6.16. The van der Waals surface area contributed by atoms with Crippen LogP contribution in [0.4, 0.5) is 0 Å². The highest BCUT2D eigenvalue weighted by atomic mass is 15.2. The van der Waals surface area contributed by atoms with Crippen molar-refractivity contribution in [1.82, 2.24) is 4.90 Å². The lowest BCUT2D eigenvalue weighted by Crippen LogP contribution is -2.38. The van der Waals surface area contributed by atoms with Gasteiger partial charge in [0.15, 0.2) is 0 Å². The van der Waals surface area contributed by atoms with Gasteiger partial charge in [-0.25, -0.2) is 6.57 Å². The Labute approximate surface area is 80.7 Å². The Hall–Kier alpha value is -0.550. The van der Waals surface area contributed by atoms with Gasteiger partial charge in [-0.15, -0.1) is 0 Å². The summed E-state index contributed by atoms with van der Waals surface area (Å²) in [5.41, 5.74) is 0. The van der Waals surface area contributed by atoms with Gasteiger partial charge in [0.05, 0.1) is 6.04 Å². The Morgan fingerprint density at radius 3 is 2.62 bits per heavy atom. The molecule has 1 saturated carbocycles. The summed E-state index contributed by atoms with van der Waals surface area (Å²) >= 11 is 0. The van der Waals surface area contributed by atoms with E-state index in [4.69, 9.17) is 6.57 Å². The van der Waals surface area contributed by atoms with Gasteiger partial charge in [0.1, 0.15) is 0 Å². The monoisotopic (exact) mass is 178 g/mol. The van der Waals surface area contributed by atoms with Crippen LogP contribution in [0.3, 0.4) is 0 Å². The van der Waals surface area contributed by atoms with Crippen LogP contribution in [-0.2, 0) is 0 Å². The van der Waals surface area contributed by atoms with Gasteiger partial charge in [-0.05, 0) is 32.2 Å². The number of hydrogen-bond acceptors (Lipinski definition) is 1. The molecule has 13 heavy (non-hydrogen) atoms. The Morgan fingerprint density at radius 2 is 1.92 bits per heavy atom. The quantitative estimate of drug-likeness (QED) is 0.589. The average molecular weight is 178 g/mol. The highest BCUT2D eigenvalue weighted by Crippen LogP contribution is 2.29. The lowest BCUT2D eigenvalue weighted by molar-refractivity contribution is 0.190. The van der Waals surface area contributed by atoms with Gasteiger partial charge in [-0.1, -0.05) is 12.8 Å². The second-order valence-electron chi connectivity index (χ2n) is 4.31. The molecule has 2 nitrogen and oxygen atoms in total. The SMILES string of the molecule is [C-]#[N+]CC1CCCN1C1CCCC1. The minimum Gasteiger partial charge on any atom is -0.315 e. The van der Waals surface area contributed by atoms with Crippen molar-refractivity contribution in [2.45, 2.75) is 50.6 Å². The van der Waals surface area contributed by atoms with Crippen LogP contribution < -0.4 is 0 Å². The summed E-state index contributed by atoms with van der Waals surface area (Å²) in [5, 5.41) is 0. The largest absolute Gasteiger partial charge is 0.315 e. The first kappa shape index (κ1) is 9.02. The third kappa shape index (κ3) is 1.86. The van der Waals surface area contributed by atoms with Crippen LogP contribution in [0.25, 0.3) is 4.85 Å². The predicted molar refractivity (Wildman–Crippen MR) is 53.5 cm³/mol. The molecule has 1 saturated heterocycles. The first-order valence-corrected chi connectivity index (χ1v) is 5.51. The summed E-state index contributed by atoms with van der Waals surface area (Å²) in [5.74, 6) is 0. The molecular weight excluding hydrogens is 160 g/mol. The Kier molecular flexibility index (Phi) is 2.85. The molecule has 72 valence electrons. The minimum absolute atomic E-state index is 0.598.